The molecule has 0 bridgehead atoms. The summed E-state index contributed by atoms with van der Waals surface area (Å²) in [5.74, 6) is 0.480. The molecule has 0 aliphatic carbocycles. The van der Waals surface area contributed by atoms with Crippen LogP contribution < -0.4 is 4.74 Å². The maximum Gasteiger partial charge on any atom is 0.269 e. The topological polar surface area (TPSA) is 90.4 Å². The van der Waals surface area contributed by atoms with Crippen molar-refractivity contribution in [1.29, 1.82) is 0 Å². The van der Waals surface area contributed by atoms with E-state index in [1.54, 1.807) is 4.68 Å². The zero-order valence-electron chi connectivity index (χ0n) is 11.9. The van der Waals surface area contributed by atoms with Crippen molar-refractivity contribution >= 4 is 5.69 Å². The van der Waals surface area contributed by atoms with Crippen molar-refractivity contribution < 1.29 is 14.8 Å². The van der Waals surface area contributed by atoms with Crippen molar-refractivity contribution in [3.8, 4) is 5.75 Å². The van der Waals surface area contributed by atoms with Crippen LogP contribution in [-0.4, -0.2) is 32.5 Å². The fourth-order valence-electron chi connectivity index (χ4n) is 1.97. The highest BCUT2D eigenvalue weighted by atomic mass is 16.6. The summed E-state index contributed by atoms with van der Waals surface area (Å²) in [6, 6.07) is 7.68. The van der Waals surface area contributed by atoms with E-state index in [1.807, 2.05) is 19.9 Å². The molecule has 7 nitrogen and oxygen atoms in total. The van der Waals surface area contributed by atoms with Crippen LogP contribution in [0.5, 0.6) is 5.75 Å². The summed E-state index contributed by atoms with van der Waals surface area (Å²) in [6.45, 7) is 4.25. The molecule has 2 aromatic rings. The number of nitro groups is 1. The smallest absolute Gasteiger partial charge is 0.269 e. The summed E-state index contributed by atoms with van der Waals surface area (Å²) in [6.07, 6.45) is -0.710. The van der Waals surface area contributed by atoms with Gasteiger partial charge in [0.05, 0.1) is 17.2 Å². The summed E-state index contributed by atoms with van der Waals surface area (Å²) < 4.78 is 7.13. The van der Waals surface area contributed by atoms with Gasteiger partial charge in [-0.25, -0.2) is 0 Å². The van der Waals surface area contributed by atoms with E-state index in [1.165, 1.54) is 24.3 Å². The molecule has 0 fully saturated rings. The van der Waals surface area contributed by atoms with E-state index in [0.29, 0.717) is 12.3 Å². The highest BCUT2D eigenvalue weighted by molar-refractivity contribution is 5.35. The minimum absolute atomic E-state index is 0.00513. The molecule has 0 aliphatic rings. The number of ether oxygens (including phenoxy) is 1. The molecule has 2 rings (SSSR count). The molecule has 1 heterocycles. The number of aliphatic hydroxyl groups excluding tert-OH is 1. The molecule has 0 amide bonds. The number of aliphatic hydroxyl groups is 1. The Kier molecular flexibility index (Phi) is 4.54. The monoisotopic (exact) mass is 291 g/mol. The number of hydrogen-bond donors (Lipinski definition) is 1. The van der Waals surface area contributed by atoms with Crippen LogP contribution in [0.25, 0.3) is 0 Å². The van der Waals surface area contributed by atoms with E-state index in [4.69, 9.17) is 4.74 Å². The third-order valence-corrected chi connectivity index (χ3v) is 2.98. The second-order valence-corrected chi connectivity index (χ2v) is 4.83. The van der Waals surface area contributed by atoms with Crippen molar-refractivity contribution in [2.45, 2.75) is 26.5 Å². The lowest BCUT2D eigenvalue weighted by Crippen LogP contribution is -2.24. The molecule has 0 saturated carbocycles. The van der Waals surface area contributed by atoms with Crippen LogP contribution in [-0.2, 0) is 6.54 Å². The van der Waals surface area contributed by atoms with Crippen molar-refractivity contribution in [2.75, 3.05) is 6.61 Å². The van der Waals surface area contributed by atoms with Gasteiger partial charge in [0, 0.05) is 17.8 Å². The maximum atomic E-state index is 10.5. The lowest BCUT2D eigenvalue weighted by atomic mass is 10.3. The molecule has 0 aliphatic heterocycles. The predicted octanol–water partition coefficient (Wildman–Crippen LogP) is 1.85. The molecule has 0 saturated heterocycles. The second-order valence-electron chi connectivity index (χ2n) is 4.83. The number of nitrogens with zero attached hydrogens (tertiary/aromatic N) is 3. The molecular weight excluding hydrogens is 274 g/mol. The average molecular weight is 291 g/mol. The average Bonchev–Trinajstić information content (AvgIpc) is 2.75. The molecule has 112 valence electrons. The molecule has 1 unspecified atom stereocenters. The summed E-state index contributed by atoms with van der Waals surface area (Å²) >= 11 is 0. The van der Waals surface area contributed by atoms with Crippen LogP contribution in [0.3, 0.4) is 0 Å². The Morgan fingerprint density at radius 1 is 1.38 bits per heavy atom. The zero-order valence-corrected chi connectivity index (χ0v) is 11.9. The normalized spacial score (nSPS) is 12.1. The van der Waals surface area contributed by atoms with Gasteiger partial charge in [0.2, 0.25) is 0 Å². The first kappa shape index (κ1) is 15.0. The number of non-ortho nitro benzene ring substituents is 1. The predicted molar refractivity (Wildman–Crippen MR) is 76.3 cm³/mol. The molecule has 21 heavy (non-hydrogen) atoms. The molecule has 1 aromatic heterocycles. The van der Waals surface area contributed by atoms with Gasteiger partial charge in [-0.15, -0.1) is 0 Å². The maximum absolute atomic E-state index is 10.5. The fourth-order valence-corrected chi connectivity index (χ4v) is 1.97. The standard InChI is InChI=1S/C14H17N3O4/c1-10-7-11(2)16(15-10)8-13(18)9-21-14-5-3-12(4-6-14)17(19)20/h3-7,13,18H,8-9H2,1-2H3. The summed E-state index contributed by atoms with van der Waals surface area (Å²) in [4.78, 5) is 10.1. The third-order valence-electron chi connectivity index (χ3n) is 2.98. The highest BCUT2D eigenvalue weighted by Crippen LogP contribution is 2.17. The van der Waals surface area contributed by atoms with Gasteiger partial charge in [0.1, 0.15) is 18.5 Å². The Morgan fingerprint density at radius 3 is 2.57 bits per heavy atom. The molecule has 1 N–H and O–H groups in total. The van der Waals surface area contributed by atoms with Crippen molar-refractivity contribution in [1.82, 2.24) is 9.78 Å². The van der Waals surface area contributed by atoms with Crippen LogP contribution in [0.1, 0.15) is 11.4 Å². The Morgan fingerprint density at radius 2 is 2.05 bits per heavy atom. The summed E-state index contributed by atoms with van der Waals surface area (Å²) in [7, 11) is 0. The van der Waals surface area contributed by atoms with Gasteiger partial charge in [-0.3, -0.25) is 14.8 Å². The van der Waals surface area contributed by atoms with E-state index < -0.39 is 11.0 Å². The molecule has 7 heteroatoms. The van der Waals surface area contributed by atoms with Crippen molar-refractivity contribution in [3.63, 3.8) is 0 Å². The van der Waals surface area contributed by atoms with Gasteiger partial charge in [-0.1, -0.05) is 0 Å². The Bertz CT molecular complexity index is 622. The minimum Gasteiger partial charge on any atom is -0.491 e. The van der Waals surface area contributed by atoms with Crippen LogP contribution in [0.15, 0.2) is 30.3 Å². The number of rotatable bonds is 6. The lowest BCUT2D eigenvalue weighted by molar-refractivity contribution is -0.384. The van der Waals surface area contributed by atoms with Crippen LogP contribution in [0, 0.1) is 24.0 Å². The van der Waals surface area contributed by atoms with Crippen LogP contribution >= 0.6 is 0 Å². The molecular formula is C14H17N3O4. The third kappa shape index (κ3) is 4.03. The van der Waals surface area contributed by atoms with E-state index >= 15 is 0 Å². The fraction of sp³-hybridized carbons (Fsp3) is 0.357. The SMILES string of the molecule is Cc1cc(C)n(CC(O)COc2ccc([N+](=O)[O-])cc2)n1. The Labute approximate surface area is 121 Å². The van der Waals surface area contributed by atoms with Gasteiger partial charge >= 0.3 is 0 Å². The number of aryl methyl sites for hydroxylation is 2. The first-order valence-electron chi connectivity index (χ1n) is 6.52. The van der Waals surface area contributed by atoms with Crippen LogP contribution in [0.2, 0.25) is 0 Å². The molecule has 0 radical (unpaired) electrons. The summed E-state index contributed by atoms with van der Waals surface area (Å²) in [5.41, 5.74) is 1.88. The van der Waals surface area contributed by atoms with Gasteiger partial charge in [0.25, 0.3) is 5.69 Å². The quantitative estimate of drug-likeness (QED) is 0.648. The van der Waals surface area contributed by atoms with Gasteiger partial charge in [-0.2, -0.15) is 5.10 Å². The lowest BCUT2D eigenvalue weighted by Gasteiger charge is -2.13. The largest absolute Gasteiger partial charge is 0.491 e. The highest BCUT2D eigenvalue weighted by Gasteiger charge is 2.10. The Balaban J connectivity index is 1.87. The number of benzene rings is 1. The first-order chi connectivity index (χ1) is 9.95. The number of nitro benzene ring substituents is 1. The first-order valence-corrected chi connectivity index (χ1v) is 6.52. The van der Waals surface area contributed by atoms with Crippen molar-refractivity contribution in [2.24, 2.45) is 0 Å². The zero-order chi connectivity index (χ0) is 15.4. The summed E-state index contributed by atoms with van der Waals surface area (Å²) in [5, 5.41) is 24.7. The molecule has 1 atom stereocenters. The number of hydrogen-bond acceptors (Lipinski definition) is 5. The molecule has 1 aromatic carbocycles. The Hall–Kier alpha value is -2.41. The van der Waals surface area contributed by atoms with Gasteiger partial charge < -0.3 is 9.84 Å². The van der Waals surface area contributed by atoms with E-state index in [0.717, 1.165) is 11.4 Å². The van der Waals surface area contributed by atoms with E-state index in [2.05, 4.69) is 5.10 Å². The number of aromatic nitrogens is 2. The van der Waals surface area contributed by atoms with Gasteiger partial charge in [0.15, 0.2) is 0 Å². The molecule has 0 spiro atoms. The van der Waals surface area contributed by atoms with E-state index in [-0.39, 0.29) is 12.3 Å². The second kappa shape index (κ2) is 6.36. The minimum atomic E-state index is -0.710. The van der Waals surface area contributed by atoms with Gasteiger partial charge in [-0.05, 0) is 32.0 Å². The van der Waals surface area contributed by atoms with Crippen LogP contribution in [0.4, 0.5) is 5.69 Å². The van der Waals surface area contributed by atoms with Crippen molar-refractivity contribution in [3.05, 3.63) is 51.8 Å². The van der Waals surface area contributed by atoms with E-state index in [9.17, 15) is 15.2 Å².